The highest BCUT2D eigenvalue weighted by atomic mass is 32.1. The van der Waals surface area contributed by atoms with E-state index < -0.39 is 0 Å². The first-order valence-electron chi connectivity index (χ1n) is 4.97. The first kappa shape index (κ1) is 12.6. The molecule has 1 aromatic heterocycles. The second-order valence-electron chi connectivity index (χ2n) is 3.73. The SMILES string of the molecule is CC(CN(C)C(=O)c1cccnc1)C(N)=S. The van der Waals surface area contributed by atoms with Gasteiger partial charge in [0.2, 0.25) is 0 Å². The van der Waals surface area contributed by atoms with E-state index in [-0.39, 0.29) is 11.8 Å². The maximum absolute atomic E-state index is 11.9. The largest absolute Gasteiger partial charge is 0.393 e. The molecule has 86 valence electrons. The van der Waals surface area contributed by atoms with E-state index >= 15 is 0 Å². The molecule has 1 atom stereocenters. The molecule has 0 aliphatic heterocycles. The minimum atomic E-state index is -0.0730. The van der Waals surface area contributed by atoms with Gasteiger partial charge in [0.05, 0.1) is 10.6 Å². The van der Waals surface area contributed by atoms with E-state index in [1.54, 1.807) is 36.5 Å². The van der Waals surface area contributed by atoms with E-state index in [1.165, 1.54) is 0 Å². The second kappa shape index (κ2) is 5.55. The molecule has 2 N–H and O–H groups in total. The van der Waals surface area contributed by atoms with Gasteiger partial charge in [-0.15, -0.1) is 0 Å². The Labute approximate surface area is 100 Å². The molecule has 1 amide bonds. The summed E-state index contributed by atoms with van der Waals surface area (Å²) in [5, 5.41) is 0. The number of carbonyl (C=O) groups excluding carboxylic acids is 1. The lowest BCUT2D eigenvalue weighted by atomic mass is 10.1. The predicted octanol–water partition coefficient (Wildman–Crippen LogP) is 1.08. The molecule has 4 nitrogen and oxygen atoms in total. The second-order valence-corrected chi connectivity index (χ2v) is 4.20. The van der Waals surface area contributed by atoms with Gasteiger partial charge >= 0.3 is 0 Å². The number of amides is 1. The number of thiocarbonyl (C=S) groups is 1. The summed E-state index contributed by atoms with van der Waals surface area (Å²) in [6.07, 6.45) is 3.18. The van der Waals surface area contributed by atoms with Gasteiger partial charge in [-0.05, 0) is 12.1 Å². The zero-order valence-corrected chi connectivity index (χ0v) is 10.2. The molecule has 0 spiro atoms. The number of carbonyl (C=O) groups is 1. The molecule has 1 rings (SSSR count). The fourth-order valence-corrected chi connectivity index (χ4v) is 1.37. The number of hydrogen-bond acceptors (Lipinski definition) is 3. The van der Waals surface area contributed by atoms with Crippen molar-refractivity contribution in [3.05, 3.63) is 30.1 Å². The topological polar surface area (TPSA) is 59.2 Å². The third-order valence-electron chi connectivity index (χ3n) is 2.29. The molecule has 0 saturated carbocycles. The summed E-state index contributed by atoms with van der Waals surface area (Å²) in [4.78, 5) is 17.8. The van der Waals surface area contributed by atoms with E-state index in [4.69, 9.17) is 18.0 Å². The van der Waals surface area contributed by atoms with Crippen molar-refractivity contribution in [2.75, 3.05) is 13.6 Å². The molecular weight excluding hydrogens is 222 g/mol. The summed E-state index contributed by atoms with van der Waals surface area (Å²) in [5.41, 5.74) is 6.07. The van der Waals surface area contributed by atoms with Crippen LogP contribution in [-0.4, -0.2) is 34.4 Å². The lowest BCUT2D eigenvalue weighted by molar-refractivity contribution is 0.0786. The van der Waals surface area contributed by atoms with Crippen LogP contribution in [0.2, 0.25) is 0 Å². The van der Waals surface area contributed by atoms with E-state index in [0.29, 0.717) is 17.1 Å². The molecular formula is C11H15N3OS. The summed E-state index contributed by atoms with van der Waals surface area (Å²) >= 11 is 4.87. The number of pyridine rings is 1. The lowest BCUT2D eigenvalue weighted by Gasteiger charge is -2.20. The van der Waals surface area contributed by atoms with Crippen LogP contribution in [0.5, 0.6) is 0 Å². The first-order chi connectivity index (χ1) is 7.52. The Morgan fingerprint density at radius 1 is 1.69 bits per heavy atom. The maximum atomic E-state index is 11.9. The zero-order chi connectivity index (χ0) is 12.1. The van der Waals surface area contributed by atoms with Crippen molar-refractivity contribution in [1.29, 1.82) is 0 Å². The molecule has 0 fully saturated rings. The fraction of sp³-hybridized carbons (Fsp3) is 0.364. The van der Waals surface area contributed by atoms with Crippen LogP contribution in [-0.2, 0) is 0 Å². The van der Waals surface area contributed by atoms with Crippen LogP contribution in [0.3, 0.4) is 0 Å². The summed E-state index contributed by atoms with van der Waals surface area (Å²) in [6, 6.07) is 3.47. The Hall–Kier alpha value is -1.49. The van der Waals surface area contributed by atoms with Crippen molar-refractivity contribution < 1.29 is 4.79 Å². The van der Waals surface area contributed by atoms with Crippen LogP contribution < -0.4 is 5.73 Å². The van der Waals surface area contributed by atoms with Crippen LogP contribution >= 0.6 is 12.2 Å². The molecule has 0 aliphatic rings. The van der Waals surface area contributed by atoms with Crippen LogP contribution in [0.1, 0.15) is 17.3 Å². The minimum Gasteiger partial charge on any atom is -0.393 e. The quantitative estimate of drug-likeness (QED) is 0.796. The highest BCUT2D eigenvalue weighted by Crippen LogP contribution is 2.04. The average molecular weight is 237 g/mol. The van der Waals surface area contributed by atoms with Gasteiger partial charge in [-0.25, -0.2) is 0 Å². The Balaban J connectivity index is 2.65. The van der Waals surface area contributed by atoms with Gasteiger partial charge in [0.1, 0.15) is 0 Å². The van der Waals surface area contributed by atoms with Gasteiger partial charge in [0, 0.05) is 31.9 Å². The van der Waals surface area contributed by atoms with Gasteiger partial charge in [0.25, 0.3) is 5.91 Å². The van der Waals surface area contributed by atoms with Crippen LogP contribution in [0, 0.1) is 5.92 Å². The van der Waals surface area contributed by atoms with E-state index in [2.05, 4.69) is 4.98 Å². The van der Waals surface area contributed by atoms with Crippen LogP contribution in [0.25, 0.3) is 0 Å². The monoisotopic (exact) mass is 237 g/mol. The van der Waals surface area contributed by atoms with Gasteiger partial charge in [-0.1, -0.05) is 19.1 Å². The van der Waals surface area contributed by atoms with E-state index in [0.717, 1.165) is 0 Å². The summed E-state index contributed by atoms with van der Waals surface area (Å²) < 4.78 is 0. The van der Waals surface area contributed by atoms with Gasteiger partial charge in [-0.3, -0.25) is 9.78 Å². The Bertz CT molecular complexity index is 380. The van der Waals surface area contributed by atoms with Crippen LogP contribution in [0.4, 0.5) is 0 Å². The Morgan fingerprint density at radius 3 is 2.88 bits per heavy atom. The van der Waals surface area contributed by atoms with Crippen molar-refractivity contribution in [2.24, 2.45) is 11.7 Å². The van der Waals surface area contributed by atoms with Gasteiger partial charge in [-0.2, -0.15) is 0 Å². The molecule has 1 heterocycles. The third kappa shape index (κ3) is 3.27. The predicted molar refractivity (Wildman–Crippen MR) is 67.1 cm³/mol. The fourth-order valence-electron chi connectivity index (χ4n) is 1.29. The summed E-state index contributed by atoms with van der Waals surface area (Å²) in [6.45, 7) is 2.42. The first-order valence-corrected chi connectivity index (χ1v) is 5.38. The molecule has 0 aromatic carbocycles. The highest BCUT2D eigenvalue weighted by Gasteiger charge is 2.15. The molecule has 0 saturated heterocycles. The van der Waals surface area contributed by atoms with Crippen molar-refractivity contribution in [2.45, 2.75) is 6.92 Å². The van der Waals surface area contributed by atoms with Crippen LogP contribution in [0.15, 0.2) is 24.5 Å². The lowest BCUT2D eigenvalue weighted by Crippen LogP contribution is -2.35. The molecule has 5 heteroatoms. The van der Waals surface area contributed by atoms with Crippen molar-refractivity contribution in [1.82, 2.24) is 9.88 Å². The zero-order valence-electron chi connectivity index (χ0n) is 9.38. The van der Waals surface area contributed by atoms with Gasteiger partial charge < -0.3 is 10.6 Å². The van der Waals surface area contributed by atoms with E-state index in [9.17, 15) is 4.79 Å². The third-order valence-corrected chi connectivity index (χ3v) is 2.69. The van der Waals surface area contributed by atoms with Crippen molar-refractivity contribution in [3.8, 4) is 0 Å². The van der Waals surface area contributed by atoms with Crippen molar-refractivity contribution >= 4 is 23.1 Å². The average Bonchev–Trinajstić information content (AvgIpc) is 2.28. The Morgan fingerprint density at radius 2 is 2.38 bits per heavy atom. The molecule has 1 unspecified atom stereocenters. The van der Waals surface area contributed by atoms with E-state index in [1.807, 2.05) is 6.92 Å². The normalized spacial score (nSPS) is 11.9. The molecule has 0 aliphatic carbocycles. The number of aromatic nitrogens is 1. The molecule has 0 radical (unpaired) electrons. The summed E-state index contributed by atoms with van der Waals surface area (Å²) in [7, 11) is 1.73. The molecule has 16 heavy (non-hydrogen) atoms. The standard InChI is InChI=1S/C11H15N3OS/c1-8(10(12)16)7-14(2)11(15)9-4-3-5-13-6-9/h3-6,8H,7H2,1-2H3,(H2,12,16). The molecule has 1 aromatic rings. The Kier molecular flexibility index (Phi) is 4.37. The van der Waals surface area contributed by atoms with Gasteiger partial charge in [0.15, 0.2) is 0 Å². The highest BCUT2D eigenvalue weighted by molar-refractivity contribution is 7.80. The number of nitrogens with zero attached hydrogens (tertiary/aromatic N) is 2. The number of rotatable bonds is 4. The molecule has 0 bridgehead atoms. The van der Waals surface area contributed by atoms with Crippen molar-refractivity contribution in [3.63, 3.8) is 0 Å². The maximum Gasteiger partial charge on any atom is 0.255 e. The smallest absolute Gasteiger partial charge is 0.255 e. The number of hydrogen-bond donors (Lipinski definition) is 1. The minimum absolute atomic E-state index is 0.0145. The number of nitrogens with two attached hydrogens (primary N) is 1. The summed E-state index contributed by atoms with van der Waals surface area (Å²) in [5.74, 6) is -0.0585.